The summed E-state index contributed by atoms with van der Waals surface area (Å²) in [7, 11) is 0. The predicted molar refractivity (Wildman–Crippen MR) is 85.4 cm³/mol. The molecule has 2 aliphatic rings. The highest BCUT2D eigenvalue weighted by atomic mass is 32.1. The monoisotopic (exact) mass is 298 g/mol. The molecule has 3 nitrogen and oxygen atoms in total. The van der Waals surface area contributed by atoms with E-state index in [9.17, 15) is 4.79 Å². The Bertz CT molecular complexity index is 624. The number of anilines is 1. The van der Waals surface area contributed by atoms with Crippen molar-refractivity contribution in [3.8, 4) is 0 Å². The van der Waals surface area contributed by atoms with Crippen molar-refractivity contribution >= 4 is 22.9 Å². The number of carbonyl (C=O) groups is 1. The topological polar surface area (TPSA) is 32.3 Å². The van der Waals surface area contributed by atoms with Crippen molar-refractivity contribution in [1.29, 1.82) is 0 Å². The Hall–Kier alpha value is -1.81. The van der Waals surface area contributed by atoms with E-state index in [2.05, 4.69) is 39.2 Å². The molecule has 0 radical (unpaired) electrons. The van der Waals surface area contributed by atoms with Crippen LogP contribution in [0.2, 0.25) is 0 Å². The second-order valence-corrected chi connectivity index (χ2v) is 6.67. The van der Waals surface area contributed by atoms with E-state index in [0.717, 1.165) is 31.5 Å². The summed E-state index contributed by atoms with van der Waals surface area (Å²) in [6.45, 7) is 0.752. The molecular weight excluding hydrogens is 280 g/mol. The van der Waals surface area contributed by atoms with Gasteiger partial charge in [0.05, 0.1) is 0 Å². The van der Waals surface area contributed by atoms with Gasteiger partial charge in [-0.2, -0.15) is 11.3 Å². The second kappa shape index (κ2) is 5.19. The number of amides is 1. The molecule has 1 N–H and O–H groups in total. The van der Waals surface area contributed by atoms with Gasteiger partial charge >= 0.3 is 0 Å². The zero-order valence-corrected chi connectivity index (χ0v) is 12.6. The number of thiophene rings is 1. The van der Waals surface area contributed by atoms with Gasteiger partial charge in [0.1, 0.15) is 6.04 Å². The van der Waals surface area contributed by atoms with Crippen LogP contribution in [0.3, 0.4) is 0 Å². The number of benzene rings is 1. The molecule has 2 heterocycles. The summed E-state index contributed by atoms with van der Waals surface area (Å²) in [4.78, 5) is 15.0. The fourth-order valence-electron chi connectivity index (χ4n) is 3.00. The zero-order valence-electron chi connectivity index (χ0n) is 11.8. The number of hydrogen-bond donors (Lipinski definition) is 1. The van der Waals surface area contributed by atoms with Gasteiger partial charge < -0.3 is 10.2 Å². The summed E-state index contributed by atoms with van der Waals surface area (Å²) >= 11 is 1.69. The highest BCUT2D eigenvalue weighted by molar-refractivity contribution is 7.07. The molecule has 1 aromatic heterocycles. The quantitative estimate of drug-likeness (QED) is 0.939. The molecule has 0 saturated heterocycles. The van der Waals surface area contributed by atoms with Crippen molar-refractivity contribution in [3.05, 3.63) is 52.2 Å². The predicted octanol–water partition coefficient (Wildman–Crippen LogP) is 3.28. The normalized spacial score (nSPS) is 19.9. The van der Waals surface area contributed by atoms with E-state index in [1.165, 1.54) is 11.1 Å². The lowest BCUT2D eigenvalue weighted by molar-refractivity contribution is -0.133. The summed E-state index contributed by atoms with van der Waals surface area (Å²) in [6, 6.07) is 10.7. The lowest BCUT2D eigenvalue weighted by Crippen LogP contribution is -2.42. The molecule has 1 aliphatic carbocycles. The molecule has 2 aromatic rings. The molecule has 0 spiro atoms. The molecule has 4 heteroatoms. The molecule has 1 fully saturated rings. The van der Waals surface area contributed by atoms with Crippen molar-refractivity contribution in [1.82, 2.24) is 4.90 Å². The summed E-state index contributed by atoms with van der Waals surface area (Å²) in [5.74, 6) is 0.250. The molecule has 1 aliphatic heterocycles. The van der Waals surface area contributed by atoms with Crippen LogP contribution in [0.25, 0.3) is 0 Å². The lowest BCUT2D eigenvalue weighted by Gasteiger charge is -2.25. The first kappa shape index (κ1) is 12.9. The lowest BCUT2D eigenvalue weighted by atomic mass is 10.1. The Balaban J connectivity index is 1.50. The Morgan fingerprint density at radius 1 is 1.29 bits per heavy atom. The van der Waals surface area contributed by atoms with Gasteiger partial charge in [-0.05, 0) is 46.9 Å². The molecule has 1 amide bonds. The number of fused-ring (bicyclic) bond motifs is 1. The van der Waals surface area contributed by atoms with Crippen LogP contribution >= 0.6 is 11.3 Å². The van der Waals surface area contributed by atoms with Gasteiger partial charge in [-0.25, -0.2) is 0 Å². The number of carbonyl (C=O) groups excluding carboxylic acids is 1. The average Bonchev–Trinajstić information content (AvgIpc) is 3.04. The van der Waals surface area contributed by atoms with E-state index in [1.54, 1.807) is 11.3 Å². The van der Waals surface area contributed by atoms with Crippen LogP contribution in [0.1, 0.15) is 24.0 Å². The van der Waals surface area contributed by atoms with Gasteiger partial charge in [-0.15, -0.1) is 0 Å². The third kappa shape index (κ3) is 2.56. The fourth-order valence-corrected chi connectivity index (χ4v) is 3.66. The molecule has 0 bridgehead atoms. The SMILES string of the molecule is O=C(C1Cc2ccccc2N1)N(Cc1ccsc1)C1CC1. The molecule has 4 rings (SSSR count). The number of rotatable bonds is 4. The summed E-state index contributed by atoms with van der Waals surface area (Å²) in [5.41, 5.74) is 3.61. The Morgan fingerprint density at radius 3 is 2.86 bits per heavy atom. The molecule has 1 atom stereocenters. The number of nitrogens with one attached hydrogen (secondary N) is 1. The van der Waals surface area contributed by atoms with Crippen LogP contribution in [0, 0.1) is 0 Å². The van der Waals surface area contributed by atoms with Crippen LogP contribution in [0.15, 0.2) is 41.1 Å². The van der Waals surface area contributed by atoms with Crippen LogP contribution in [0.4, 0.5) is 5.69 Å². The standard InChI is InChI=1S/C17H18N2OS/c20-17(16-9-13-3-1-2-4-15(13)18-16)19(14-5-6-14)10-12-7-8-21-11-12/h1-4,7-8,11,14,16,18H,5-6,9-10H2. The average molecular weight is 298 g/mol. The molecule has 108 valence electrons. The Kier molecular flexibility index (Phi) is 3.19. The summed E-state index contributed by atoms with van der Waals surface area (Å²) in [5, 5.41) is 7.60. The van der Waals surface area contributed by atoms with Gasteiger partial charge in [-0.3, -0.25) is 4.79 Å². The van der Waals surface area contributed by atoms with Gasteiger partial charge in [0.15, 0.2) is 0 Å². The van der Waals surface area contributed by atoms with E-state index in [-0.39, 0.29) is 11.9 Å². The second-order valence-electron chi connectivity index (χ2n) is 5.89. The van der Waals surface area contributed by atoms with Gasteiger partial charge in [0, 0.05) is 24.7 Å². The largest absolute Gasteiger partial charge is 0.373 e. The highest BCUT2D eigenvalue weighted by Crippen LogP contribution is 2.32. The molecular formula is C17H18N2OS. The number of hydrogen-bond acceptors (Lipinski definition) is 3. The first-order valence-corrected chi connectivity index (χ1v) is 8.41. The van der Waals surface area contributed by atoms with Crippen LogP contribution < -0.4 is 5.32 Å². The van der Waals surface area contributed by atoms with E-state index in [1.807, 2.05) is 12.1 Å². The van der Waals surface area contributed by atoms with E-state index in [0.29, 0.717) is 6.04 Å². The minimum absolute atomic E-state index is 0.0957. The van der Waals surface area contributed by atoms with Crippen LogP contribution in [-0.4, -0.2) is 22.9 Å². The van der Waals surface area contributed by atoms with Crippen molar-refractivity contribution in [2.24, 2.45) is 0 Å². The fraction of sp³-hybridized carbons (Fsp3) is 0.353. The smallest absolute Gasteiger partial charge is 0.245 e. The highest BCUT2D eigenvalue weighted by Gasteiger charge is 2.37. The van der Waals surface area contributed by atoms with Crippen molar-refractivity contribution < 1.29 is 4.79 Å². The first-order chi connectivity index (χ1) is 10.3. The molecule has 1 aromatic carbocycles. The summed E-state index contributed by atoms with van der Waals surface area (Å²) < 4.78 is 0. The zero-order chi connectivity index (χ0) is 14.2. The maximum atomic E-state index is 12.9. The molecule has 21 heavy (non-hydrogen) atoms. The van der Waals surface area contributed by atoms with E-state index in [4.69, 9.17) is 0 Å². The molecule has 1 saturated carbocycles. The minimum atomic E-state index is -0.0957. The first-order valence-electron chi connectivity index (χ1n) is 7.47. The number of nitrogens with zero attached hydrogens (tertiary/aromatic N) is 1. The maximum Gasteiger partial charge on any atom is 0.245 e. The van der Waals surface area contributed by atoms with Gasteiger partial charge in [0.2, 0.25) is 5.91 Å². The maximum absolute atomic E-state index is 12.9. The van der Waals surface area contributed by atoms with Crippen molar-refractivity contribution in [2.75, 3.05) is 5.32 Å². The van der Waals surface area contributed by atoms with Crippen molar-refractivity contribution in [3.63, 3.8) is 0 Å². The minimum Gasteiger partial charge on any atom is -0.373 e. The van der Waals surface area contributed by atoms with Gasteiger partial charge in [-0.1, -0.05) is 18.2 Å². The van der Waals surface area contributed by atoms with Gasteiger partial charge in [0.25, 0.3) is 0 Å². The Morgan fingerprint density at radius 2 is 2.14 bits per heavy atom. The van der Waals surface area contributed by atoms with Crippen LogP contribution in [-0.2, 0) is 17.8 Å². The third-order valence-electron chi connectivity index (χ3n) is 4.27. The van der Waals surface area contributed by atoms with Crippen LogP contribution in [0.5, 0.6) is 0 Å². The van der Waals surface area contributed by atoms with E-state index >= 15 is 0 Å². The summed E-state index contributed by atoms with van der Waals surface area (Å²) in [6.07, 6.45) is 3.10. The third-order valence-corrected chi connectivity index (χ3v) is 5.01. The Labute approximate surface area is 128 Å². The van der Waals surface area contributed by atoms with E-state index < -0.39 is 0 Å². The van der Waals surface area contributed by atoms with Crippen molar-refractivity contribution in [2.45, 2.75) is 37.9 Å². The molecule has 1 unspecified atom stereocenters. The number of para-hydroxylation sites is 1.